The maximum atomic E-state index is 9.36. The van der Waals surface area contributed by atoms with Crippen molar-refractivity contribution in [3.8, 4) is 0 Å². The Labute approximate surface area is 88.9 Å². The minimum absolute atomic E-state index is 0.274. The number of halogens is 1. The molecule has 1 aliphatic rings. The molecule has 0 aliphatic carbocycles. The van der Waals surface area contributed by atoms with Crippen LogP contribution in [-0.2, 0) is 0 Å². The maximum Gasteiger partial charge on any atom is 0.0518 e. The van der Waals surface area contributed by atoms with E-state index in [2.05, 4.69) is 5.32 Å². The first-order chi connectivity index (χ1) is 6.68. The maximum absolute atomic E-state index is 9.36. The molecule has 0 aromatic heterocycles. The van der Waals surface area contributed by atoms with Gasteiger partial charge in [-0.1, -0.05) is 17.7 Å². The second kappa shape index (κ2) is 3.79. The zero-order valence-electron chi connectivity index (χ0n) is 8.13. The SMILES string of the molecule is CC(O)CC1CNc2cccc(Cl)c21. The van der Waals surface area contributed by atoms with Gasteiger partial charge in [-0.25, -0.2) is 0 Å². The first-order valence-electron chi connectivity index (χ1n) is 4.89. The van der Waals surface area contributed by atoms with Crippen molar-refractivity contribution in [1.82, 2.24) is 0 Å². The quantitative estimate of drug-likeness (QED) is 0.788. The molecular weight excluding hydrogens is 198 g/mol. The molecule has 2 atom stereocenters. The lowest BCUT2D eigenvalue weighted by Crippen LogP contribution is -2.10. The zero-order chi connectivity index (χ0) is 10.1. The molecule has 0 saturated carbocycles. The standard InChI is InChI=1S/C11H14ClNO/c1-7(14)5-8-6-13-10-4-2-3-9(12)11(8)10/h2-4,7-8,13-14H,5-6H2,1H3. The molecule has 2 nitrogen and oxygen atoms in total. The van der Waals surface area contributed by atoms with Crippen LogP contribution in [0.3, 0.4) is 0 Å². The van der Waals surface area contributed by atoms with Gasteiger partial charge in [-0.3, -0.25) is 0 Å². The summed E-state index contributed by atoms with van der Waals surface area (Å²) in [5.74, 6) is 0.346. The van der Waals surface area contributed by atoms with Crippen LogP contribution in [0.4, 0.5) is 5.69 Å². The average molecular weight is 212 g/mol. The third kappa shape index (κ3) is 1.72. The molecule has 2 N–H and O–H groups in total. The summed E-state index contributed by atoms with van der Waals surface area (Å²) < 4.78 is 0. The lowest BCUT2D eigenvalue weighted by Gasteiger charge is -2.13. The Balaban J connectivity index is 2.29. The highest BCUT2D eigenvalue weighted by molar-refractivity contribution is 6.31. The van der Waals surface area contributed by atoms with E-state index in [0.717, 1.165) is 29.2 Å². The van der Waals surface area contributed by atoms with Gasteiger partial charge in [0.05, 0.1) is 6.10 Å². The van der Waals surface area contributed by atoms with Crippen molar-refractivity contribution in [2.75, 3.05) is 11.9 Å². The predicted molar refractivity (Wildman–Crippen MR) is 59.0 cm³/mol. The van der Waals surface area contributed by atoms with Gasteiger partial charge in [-0.2, -0.15) is 0 Å². The van der Waals surface area contributed by atoms with Gasteiger partial charge in [-0.05, 0) is 31.0 Å². The molecule has 0 spiro atoms. The summed E-state index contributed by atoms with van der Waals surface area (Å²) in [4.78, 5) is 0. The Morgan fingerprint density at radius 3 is 3.14 bits per heavy atom. The second-order valence-electron chi connectivity index (χ2n) is 3.86. The average Bonchev–Trinajstić information content (AvgIpc) is 2.49. The molecule has 3 heteroatoms. The summed E-state index contributed by atoms with van der Waals surface area (Å²) >= 11 is 6.13. The summed E-state index contributed by atoms with van der Waals surface area (Å²) in [6.45, 7) is 2.69. The van der Waals surface area contributed by atoms with Gasteiger partial charge in [0, 0.05) is 23.2 Å². The zero-order valence-corrected chi connectivity index (χ0v) is 8.88. The molecular formula is C11H14ClNO. The minimum Gasteiger partial charge on any atom is -0.393 e. The van der Waals surface area contributed by atoms with E-state index in [-0.39, 0.29) is 6.10 Å². The van der Waals surface area contributed by atoms with Gasteiger partial charge < -0.3 is 10.4 Å². The minimum atomic E-state index is -0.274. The van der Waals surface area contributed by atoms with E-state index >= 15 is 0 Å². The van der Waals surface area contributed by atoms with Crippen molar-refractivity contribution in [3.05, 3.63) is 28.8 Å². The molecule has 1 heterocycles. The van der Waals surface area contributed by atoms with Gasteiger partial charge >= 0.3 is 0 Å². The van der Waals surface area contributed by atoms with Crippen molar-refractivity contribution < 1.29 is 5.11 Å². The van der Waals surface area contributed by atoms with Gasteiger partial charge in [0.15, 0.2) is 0 Å². The number of aliphatic hydroxyl groups excluding tert-OH is 1. The molecule has 0 radical (unpaired) electrons. The summed E-state index contributed by atoms with van der Waals surface area (Å²) in [7, 11) is 0. The molecule has 0 bridgehead atoms. The second-order valence-corrected chi connectivity index (χ2v) is 4.27. The number of aliphatic hydroxyl groups is 1. The fraction of sp³-hybridized carbons (Fsp3) is 0.455. The summed E-state index contributed by atoms with van der Waals surface area (Å²) in [5, 5.41) is 13.5. The molecule has 0 amide bonds. The van der Waals surface area contributed by atoms with E-state index in [9.17, 15) is 5.11 Å². The lowest BCUT2D eigenvalue weighted by atomic mass is 9.95. The van der Waals surface area contributed by atoms with E-state index in [1.54, 1.807) is 0 Å². The molecule has 2 unspecified atom stereocenters. The third-order valence-electron chi connectivity index (χ3n) is 2.63. The molecule has 76 valence electrons. The highest BCUT2D eigenvalue weighted by Gasteiger charge is 2.25. The van der Waals surface area contributed by atoms with E-state index < -0.39 is 0 Å². The normalized spacial score (nSPS) is 21.5. The van der Waals surface area contributed by atoms with Crippen LogP contribution < -0.4 is 5.32 Å². The lowest BCUT2D eigenvalue weighted by molar-refractivity contribution is 0.176. The summed E-state index contributed by atoms with van der Waals surface area (Å²) in [5.41, 5.74) is 2.28. The van der Waals surface area contributed by atoms with E-state index in [1.165, 1.54) is 0 Å². The molecule has 1 aliphatic heterocycles. The van der Waals surface area contributed by atoms with Crippen LogP contribution >= 0.6 is 11.6 Å². The molecule has 14 heavy (non-hydrogen) atoms. The Hall–Kier alpha value is -0.730. The molecule has 1 aromatic rings. The van der Waals surface area contributed by atoms with E-state index in [4.69, 9.17) is 11.6 Å². The van der Waals surface area contributed by atoms with E-state index in [0.29, 0.717) is 5.92 Å². The highest BCUT2D eigenvalue weighted by atomic mass is 35.5. The largest absolute Gasteiger partial charge is 0.393 e. The third-order valence-corrected chi connectivity index (χ3v) is 2.96. The molecule has 1 aromatic carbocycles. The summed E-state index contributed by atoms with van der Waals surface area (Å²) in [6, 6.07) is 5.88. The van der Waals surface area contributed by atoms with Gasteiger partial charge in [0.1, 0.15) is 0 Å². The van der Waals surface area contributed by atoms with Gasteiger partial charge in [0.25, 0.3) is 0 Å². The van der Waals surface area contributed by atoms with Crippen LogP contribution in [0.15, 0.2) is 18.2 Å². The molecule has 0 saturated heterocycles. The number of hydrogen-bond donors (Lipinski definition) is 2. The Morgan fingerprint density at radius 2 is 2.43 bits per heavy atom. The molecule has 0 fully saturated rings. The number of fused-ring (bicyclic) bond motifs is 1. The Bertz CT molecular complexity index is 338. The topological polar surface area (TPSA) is 32.3 Å². The van der Waals surface area contributed by atoms with Gasteiger partial charge in [0.2, 0.25) is 0 Å². The van der Waals surface area contributed by atoms with Crippen LogP contribution in [-0.4, -0.2) is 17.8 Å². The summed E-state index contributed by atoms with van der Waals surface area (Å²) in [6.07, 6.45) is 0.494. The van der Waals surface area contributed by atoms with Crippen LogP contribution in [0.2, 0.25) is 5.02 Å². The fourth-order valence-corrected chi connectivity index (χ4v) is 2.38. The first-order valence-corrected chi connectivity index (χ1v) is 5.26. The first kappa shape index (κ1) is 9.81. The van der Waals surface area contributed by atoms with Gasteiger partial charge in [-0.15, -0.1) is 0 Å². The van der Waals surface area contributed by atoms with Crippen molar-refractivity contribution in [2.45, 2.75) is 25.4 Å². The predicted octanol–water partition coefficient (Wildman–Crippen LogP) is 2.62. The van der Waals surface area contributed by atoms with Crippen LogP contribution in [0.25, 0.3) is 0 Å². The van der Waals surface area contributed by atoms with Crippen molar-refractivity contribution in [2.24, 2.45) is 0 Å². The number of benzene rings is 1. The smallest absolute Gasteiger partial charge is 0.0518 e. The Kier molecular flexibility index (Phi) is 2.66. The highest BCUT2D eigenvalue weighted by Crippen LogP contribution is 2.38. The van der Waals surface area contributed by atoms with Crippen LogP contribution in [0.5, 0.6) is 0 Å². The van der Waals surface area contributed by atoms with Crippen molar-refractivity contribution >= 4 is 17.3 Å². The van der Waals surface area contributed by atoms with Crippen molar-refractivity contribution in [1.29, 1.82) is 0 Å². The van der Waals surface area contributed by atoms with E-state index in [1.807, 2.05) is 25.1 Å². The van der Waals surface area contributed by atoms with Crippen molar-refractivity contribution in [3.63, 3.8) is 0 Å². The van der Waals surface area contributed by atoms with Crippen LogP contribution in [0, 0.1) is 0 Å². The molecule has 2 rings (SSSR count). The van der Waals surface area contributed by atoms with Crippen LogP contribution in [0.1, 0.15) is 24.8 Å². The number of hydrogen-bond acceptors (Lipinski definition) is 2. The fourth-order valence-electron chi connectivity index (χ4n) is 2.05. The monoisotopic (exact) mass is 211 g/mol. The number of rotatable bonds is 2. The Morgan fingerprint density at radius 1 is 1.64 bits per heavy atom. The number of nitrogens with one attached hydrogen (secondary N) is 1. The number of anilines is 1.